The molecule has 8 nitrogen and oxygen atoms in total. The van der Waals surface area contributed by atoms with Crippen LogP contribution in [0.2, 0.25) is 0 Å². The lowest BCUT2D eigenvalue weighted by atomic mass is 9.94. The van der Waals surface area contributed by atoms with Gasteiger partial charge in [0.05, 0.1) is 36.1 Å². The molecule has 45 heavy (non-hydrogen) atoms. The van der Waals surface area contributed by atoms with Gasteiger partial charge in [0.25, 0.3) is 5.56 Å². The number of thiazole rings is 1. The van der Waals surface area contributed by atoms with Crippen molar-refractivity contribution in [2.45, 2.75) is 33.4 Å². The molecule has 0 N–H and O–H groups in total. The van der Waals surface area contributed by atoms with E-state index in [1.165, 1.54) is 23.5 Å². The van der Waals surface area contributed by atoms with Crippen molar-refractivity contribution in [3.8, 4) is 11.5 Å². The summed E-state index contributed by atoms with van der Waals surface area (Å²) in [6, 6.07) is 18.9. The van der Waals surface area contributed by atoms with Crippen molar-refractivity contribution >= 4 is 34.3 Å². The van der Waals surface area contributed by atoms with Gasteiger partial charge >= 0.3 is 5.97 Å². The van der Waals surface area contributed by atoms with Crippen molar-refractivity contribution in [1.82, 2.24) is 9.13 Å². The summed E-state index contributed by atoms with van der Waals surface area (Å²) < 4.78 is 34.7. The normalized spacial score (nSPS) is 14.8. The van der Waals surface area contributed by atoms with Crippen LogP contribution in [-0.4, -0.2) is 35.4 Å². The summed E-state index contributed by atoms with van der Waals surface area (Å²) in [5.74, 6) is 0.104. The Morgan fingerprint density at radius 2 is 1.82 bits per heavy atom. The number of ether oxygens (including phenoxy) is 3. The molecule has 230 valence electrons. The summed E-state index contributed by atoms with van der Waals surface area (Å²) >= 11 is 1.26. The van der Waals surface area contributed by atoms with Crippen LogP contribution in [0.1, 0.15) is 43.5 Å². The van der Waals surface area contributed by atoms with Crippen molar-refractivity contribution in [3.63, 3.8) is 0 Å². The fourth-order valence-corrected chi connectivity index (χ4v) is 6.78. The van der Waals surface area contributed by atoms with E-state index in [1.807, 2.05) is 49.5 Å². The number of benzene rings is 3. The Kier molecular flexibility index (Phi) is 8.40. The summed E-state index contributed by atoms with van der Waals surface area (Å²) in [6.45, 7) is 6.41. The molecular weight excluding hydrogens is 593 g/mol. The average molecular weight is 626 g/mol. The zero-order chi connectivity index (χ0) is 31.7. The first-order valence-electron chi connectivity index (χ1n) is 14.7. The molecule has 5 aromatic rings. The fraction of sp³-hybridized carbons (Fsp3) is 0.229. The molecule has 10 heteroatoms. The van der Waals surface area contributed by atoms with Crippen LogP contribution in [0.4, 0.5) is 4.39 Å². The van der Waals surface area contributed by atoms with Crippen molar-refractivity contribution in [2.24, 2.45) is 4.99 Å². The molecule has 0 fully saturated rings. The van der Waals surface area contributed by atoms with Crippen LogP contribution >= 0.6 is 11.3 Å². The molecule has 0 amide bonds. The Hall–Kier alpha value is -4.96. The molecule has 2 aromatic heterocycles. The number of nitrogens with zero attached hydrogens (tertiary/aromatic N) is 3. The highest BCUT2D eigenvalue weighted by atomic mass is 32.1. The van der Waals surface area contributed by atoms with Gasteiger partial charge in [0.2, 0.25) is 0 Å². The Morgan fingerprint density at radius 3 is 2.56 bits per heavy atom. The van der Waals surface area contributed by atoms with Gasteiger partial charge in [-0.05, 0) is 56.7 Å². The predicted octanol–water partition coefficient (Wildman–Crippen LogP) is 5.35. The SMILES string of the molecule is CCOC(=O)C1=C(C)N=c2sc(=Cc3cn(Cc4ccc(F)cc4)c4ccccc34)c(=O)n2C1c1cccc(OC)c1OCC. The molecular formula is C35H32FN3O5S. The molecule has 0 spiro atoms. The third-order valence-corrected chi connectivity index (χ3v) is 8.68. The highest BCUT2D eigenvalue weighted by Gasteiger charge is 2.36. The van der Waals surface area contributed by atoms with Gasteiger partial charge in [-0.15, -0.1) is 0 Å². The van der Waals surface area contributed by atoms with E-state index in [4.69, 9.17) is 19.2 Å². The summed E-state index contributed by atoms with van der Waals surface area (Å²) in [7, 11) is 1.55. The highest BCUT2D eigenvalue weighted by molar-refractivity contribution is 7.07. The Morgan fingerprint density at radius 1 is 1.04 bits per heavy atom. The van der Waals surface area contributed by atoms with Gasteiger partial charge in [-0.2, -0.15) is 0 Å². The van der Waals surface area contributed by atoms with E-state index in [0.717, 1.165) is 22.0 Å². The number of allylic oxidation sites excluding steroid dienone is 1. The monoisotopic (exact) mass is 625 g/mol. The van der Waals surface area contributed by atoms with Crippen molar-refractivity contribution in [3.05, 3.63) is 126 Å². The predicted molar refractivity (Wildman–Crippen MR) is 172 cm³/mol. The molecule has 0 saturated carbocycles. The van der Waals surface area contributed by atoms with Crippen molar-refractivity contribution in [1.29, 1.82) is 0 Å². The molecule has 1 aliphatic rings. The second-order valence-electron chi connectivity index (χ2n) is 10.5. The maximum absolute atomic E-state index is 14.3. The van der Waals surface area contributed by atoms with Gasteiger partial charge in [0, 0.05) is 34.8 Å². The third kappa shape index (κ3) is 5.57. The summed E-state index contributed by atoms with van der Waals surface area (Å²) in [6.07, 6.45) is 3.86. The van der Waals surface area contributed by atoms with Gasteiger partial charge < -0.3 is 18.8 Å². The van der Waals surface area contributed by atoms with E-state index in [1.54, 1.807) is 49.8 Å². The number of hydrogen-bond acceptors (Lipinski definition) is 7. The fourth-order valence-electron chi connectivity index (χ4n) is 5.74. The number of hydrogen-bond donors (Lipinski definition) is 0. The summed E-state index contributed by atoms with van der Waals surface area (Å²) in [5.41, 5.74) is 3.82. The third-order valence-electron chi connectivity index (χ3n) is 7.70. The minimum Gasteiger partial charge on any atom is -0.493 e. The number of carbonyl (C=O) groups is 1. The Labute approximate surface area is 262 Å². The first-order chi connectivity index (χ1) is 21.8. The lowest BCUT2D eigenvalue weighted by molar-refractivity contribution is -0.139. The standard InChI is InChI=1S/C35H32FN3O5S/c1-5-43-32-26(11-9-13-28(32)42-4)31-30(34(41)44-6-2)21(3)37-35-39(31)33(40)29(45-35)18-23-20-38(27-12-8-7-10-25(23)27)19-22-14-16-24(36)17-15-22/h7-18,20,31H,5-6,19H2,1-4H3. The van der Waals surface area contributed by atoms with Gasteiger partial charge in [-0.3, -0.25) is 9.36 Å². The number of aromatic nitrogens is 2. The second-order valence-corrected chi connectivity index (χ2v) is 11.5. The molecule has 1 atom stereocenters. The molecule has 3 aromatic carbocycles. The number of rotatable bonds is 9. The molecule has 1 aliphatic heterocycles. The van der Waals surface area contributed by atoms with Crippen molar-refractivity contribution < 1.29 is 23.4 Å². The number of methoxy groups -OCH3 is 1. The quantitative estimate of drug-likeness (QED) is 0.206. The first-order valence-corrected chi connectivity index (χ1v) is 15.5. The summed E-state index contributed by atoms with van der Waals surface area (Å²) in [5, 5.41) is 0.969. The second kappa shape index (κ2) is 12.6. The zero-order valence-corrected chi connectivity index (χ0v) is 26.2. The summed E-state index contributed by atoms with van der Waals surface area (Å²) in [4.78, 5) is 32.9. The molecule has 6 rings (SSSR count). The topological polar surface area (TPSA) is 84.1 Å². The van der Waals surface area contributed by atoms with Gasteiger partial charge in [0.1, 0.15) is 11.9 Å². The molecule has 1 unspecified atom stereocenters. The van der Waals surface area contributed by atoms with Crippen LogP contribution in [0.15, 0.2) is 94.0 Å². The van der Waals surface area contributed by atoms with E-state index in [2.05, 4.69) is 4.57 Å². The van der Waals surface area contributed by atoms with Crippen molar-refractivity contribution in [2.75, 3.05) is 20.3 Å². The largest absolute Gasteiger partial charge is 0.493 e. The van der Waals surface area contributed by atoms with Gasteiger partial charge in [-0.1, -0.05) is 53.8 Å². The van der Waals surface area contributed by atoms with Gasteiger partial charge in [-0.25, -0.2) is 14.2 Å². The number of halogens is 1. The van der Waals surface area contributed by atoms with Crippen LogP contribution in [0, 0.1) is 5.82 Å². The highest BCUT2D eigenvalue weighted by Crippen LogP contribution is 2.40. The Bertz CT molecular complexity index is 2130. The lowest BCUT2D eigenvalue weighted by Crippen LogP contribution is -2.40. The molecule has 0 aliphatic carbocycles. The van der Waals surface area contributed by atoms with Crippen LogP contribution in [0.3, 0.4) is 0 Å². The smallest absolute Gasteiger partial charge is 0.338 e. The van der Waals surface area contributed by atoms with Gasteiger partial charge in [0.15, 0.2) is 16.3 Å². The van der Waals surface area contributed by atoms with E-state index in [-0.39, 0.29) is 23.6 Å². The number of carbonyl (C=O) groups excluding carboxylic acids is 1. The minimum atomic E-state index is -0.848. The number of para-hydroxylation sites is 2. The molecule has 0 radical (unpaired) electrons. The minimum absolute atomic E-state index is 0.172. The average Bonchev–Trinajstić information content (AvgIpc) is 3.54. The number of esters is 1. The van der Waals surface area contributed by atoms with E-state index in [9.17, 15) is 14.0 Å². The molecule has 0 bridgehead atoms. The number of fused-ring (bicyclic) bond motifs is 2. The van der Waals surface area contributed by atoms with Crippen LogP contribution in [-0.2, 0) is 16.1 Å². The molecule has 3 heterocycles. The maximum atomic E-state index is 14.3. The van der Waals surface area contributed by atoms with Crippen LogP contribution < -0.4 is 24.4 Å². The lowest BCUT2D eigenvalue weighted by Gasteiger charge is -2.26. The maximum Gasteiger partial charge on any atom is 0.338 e. The Balaban J connectivity index is 1.54. The molecule has 0 saturated heterocycles. The van der Waals surface area contributed by atoms with Crippen LogP contribution in [0.25, 0.3) is 17.0 Å². The first kappa shape index (κ1) is 30.1. The van der Waals surface area contributed by atoms with E-state index >= 15 is 0 Å². The van der Waals surface area contributed by atoms with E-state index in [0.29, 0.717) is 45.2 Å². The zero-order valence-electron chi connectivity index (χ0n) is 25.4. The van der Waals surface area contributed by atoms with E-state index < -0.39 is 12.0 Å². The van der Waals surface area contributed by atoms with Crippen LogP contribution in [0.5, 0.6) is 11.5 Å².